The minimum atomic E-state index is -3.41. The Kier molecular flexibility index (Phi) is 4.82. The summed E-state index contributed by atoms with van der Waals surface area (Å²) in [5, 5.41) is 3.08. The Labute approximate surface area is 133 Å². The zero-order chi connectivity index (χ0) is 16.3. The first-order valence-electron chi connectivity index (χ1n) is 6.57. The maximum atomic E-state index is 12.3. The van der Waals surface area contributed by atoms with E-state index in [-0.39, 0.29) is 17.1 Å². The van der Waals surface area contributed by atoms with Gasteiger partial charge in [-0.25, -0.2) is 13.4 Å². The fourth-order valence-corrected chi connectivity index (χ4v) is 3.60. The van der Waals surface area contributed by atoms with Gasteiger partial charge in [0, 0.05) is 0 Å². The molecule has 8 heteroatoms. The van der Waals surface area contributed by atoms with Crippen LogP contribution in [0.3, 0.4) is 0 Å². The molecule has 2 aromatic rings. The van der Waals surface area contributed by atoms with Gasteiger partial charge in [-0.3, -0.25) is 9.52 Å². The van der Waals surface area contributed by atoms with Crippen molar-refractivity contribution >= 4 is 32.4 Å². The van der Waals surface area contributed by atoms with Crippen molar-refractivity contribution in [2.45, 2.75) is 19.9 Å². The van der Waals surface area contributed by atoms with E-state index in [1.165, 1.54) is 0 Å². The van der Waals surface area contributed by atoms with Gasteiger partial charge in [0.1, 0.15) is 4.88 Å². The first kappa shape index (κ1) is 16.4. The van der Waals surface area contributed by atoms with Crippen molar-refractivity contribution in [3.63, 3.8) is 0 Å². The van der Waals surface area contributed by atoms with Crippen LogP contribution in [-0.4, -0.2) is 25.6 Å². The Morgan fingerprint density at radius 3 is 2.50 bits per heavy atom. The molecule has 118 valence electrons. The minimum absolute atomic E-state index is 0.151. The Morgan fingerprint density at radius 2 is 1.91 bits per heavy atom. The van der Waals surface area contributed by atoms with Crippen LogP contribution >= 0.6 is 11.3 Å². The highest BCUT2D eigenvalue weighted by molar-refractivity contribution is 7.92. The van der Waals surface area contributed by atoms with Crippen molar-refractivity contribution in [3.8, 4) is 0 Å². The van der Waals surface area contributed by atoms with Gasteiger partial charge in [0.05, 0.1) is 18.0 Å². The number of carbonyl (C=O) groups is 1. The van der Waals surface area contributed by atoms with Crippen LogP contribution in [0, 0.1) is 6.92 Å². The third-order valence-corrected chi connectivity index (χ3v) is 4.69. The molecular weight excluding hydrogens is 322 g/mol. The lowest BCUT2D eigenvalue weighted by atomic mass is 10.1. The van der Waals surface area contributed by atoms with Gasteiger partial charge >= 0.3 is 0 Å². The van der Waals surface area contributed by atoms with Gasteiger partial charge in [-0.15, -0.1) is 0 Å². The molecule has 0 bridgehead atoms. The zero-order valence-corrected chi connectivity index (χ0v) is 14.1. The fourth-order valence-electron chi connectivity index (χ4n) is 1.90. The summed E-state index contributed by atoms with van der Waals surface area (Å²) in [7, 11) is -3.41. The monoisotopic (exact) mass is 339 g/mol. The zero-order valence-electron chi connectivity index (χ0n) is 12.5. The second kappa shape index (κ2) is 6.45. The molecule has 6 nitrogen and oxygen atoms in total. The minimum Gasteiger partial charge on any atom is -0.345 e. The van der Waals surface area contributed by atoms with E-state index in [4.69, 9.17) is 0 Å². The molecule has 0 fully saturated rings. The standard InChI is InChI=1S/C14H17N3O3S2/c1-9(11-7-5-4-6-8-11)15-13(18)12-10(2)16-14(21-12)17-22(3,19)20/h4-9H,1-3H3,(H,15,18)(H,16,17)/t9-/m0/s1. The van der Waals surface area contributed by atoms with E-state index < -0.39 is 10.0 Å². The van der Waals surface area contributed by atoms with Crippen LogP contribution in [0.4, 0.5) is 5.13 Å². The number of amides is 1. The second-order valence-electron chi connectivity index (χ2n) is 4.91. The molecule has 1 atom stereocenters. The quantitative estimate of drug-likeness (QED) is 0.875. The molecule has 0 unspecified atom stereocenters. The van der Waals surface area contributed by atoms with Crippen molar-refractivity contribution in [1.82, 2.24) is 10.3 Å². The number of aromatic nitrogens is 1. The number of aryl methyl sites for hydroxylation is 1. The largest absolute Gasteiger partial charge is 0.345 e. The Morgan fingerprint density at radius 1 is 1.27 bits per heavy atom. The SMILES string of the molecule is Cc1nc(NS(C)(=O)=O)sc1C(=O)N[C@@H](C)c1ccccc1. The molecule has 0 spiro atoms. The molecule has 22 heavy (non-hydrogen) atoms. The third kappa shape index (κ3) is 4.28. The number of nitrogens with zero attached hydrogens (tertiary/aromatic N) is 1. The molecule has 0 aliphatic carbocycles. The molecule has 1 heterocycles. The Hall–Kier alpha value is -1.93. The average molecular weight is 339 g/mol. The lowest BCUT2D eigenvalue weighted by Gasteiger charge is -2.13. The molecule has 0 aliphatic heterocycles. The van der Waals surface area contributed by atoms with E-state index in [2.05, 4.69) is 15.0 Å². The van der Waals surface area contributed by atoms with E-state index in [9.17, 15) is 13.2 Å². The molecule has 0 saturated carbocycles. The first-order chi connectivity index (χ1) is 10.3. The number of rotatable bonds is 5. The normalized spacial score (nSPS) is 12.7. The molecule has 1 aromatic carbocycles. The van der Waals surface area contributed by atoms with E-state index in [1.54, 1.807) is 6.92 Å². The summed E-state index contributed by atoms with van der Waals surface area (Å²) in [6.07, 6.45) is 1.04. The van der Waals surface area contributed by atoms with Crippen molar-refractivity contribution in [3.05, 3.63) is 46.5 Å². The predicted octanol–water partition coefficient (Wildman–Crippen LogP) is 2.31. The highest BCUT2D eigenvalue weighted by Crippen LogP contribution is 2.24. The highest BCUT2D eigenvalue weighted by Gasteiger charge is 2.18. The summed E-state index contributed by atoms with van der Waals surface area (Å²) >= 11 is 1.02. The van der Waals surface area contributed by atoms with Crippen molar-refractivity contribution in [2.75, 3.05) is 11.0 Å². The smallest absolute Gasteiger partial charge is 0.263 e. The van der Waals surface area contributed by atoms with Gasteiger partial charge in [-0.1, -0.05) is 41.7 Å². The van der Waals surface area contributed by atoms with Crippen LogP contribution < -0.4 is 10.0 Å². The molecular formula is C14H17N3O3S2. The number of thiazole rings is 1. The molecule has 1 aromatic heterocycles. The topological polar surface area (TPSA) is 88.2 Å². The molecule has 0 aliphatic rings. The summed E-state index contributed by atoms with van der Waals surface area (Å²) in [4.78, 5) is 16.8. The molecule has 2 N–H and O–H groups in total. The van der Waals surface area contributed by atoms with Gasteiger partial charge < -0.3 is 5.32 Å². The molecule has 0 radical (unpaired) electrons. The summed E-state index contributed by atoms with van der Waals surface area (Å²) in [6.45, 7) is 3.56. The van der Waals surface area contributed by atoms with E-state index >= 15 is 0 Å². The summed E-state index contributed by atoms with van der Waals surface area (Å²) in [6, 6.07) is 9.44. The lowest BCUT2D eigenvalue weighted by molar-refractivity contribution is 0.0943. The number of carbonyl (C=O) groups excluding carboxylic acids is 1. The number of sulfonamides is 1. The molecule has 1 amide bonds. The van der Waals surface area contributed by atoms with Crippen LogP contribution in [0.1, 0.15) is 33.9 Å². The van der Waals surface area contributed by atoms with Crippen LogP contribution in [0.5, 0.6) is 0 Å². The maximum Gasteiger partial charge on any atom is 0.263 e. The molecule has 2 rings (SSSR count). The van der Waals surface area contributed by atoms with Crippen molar-refractivity contribution in [2.24, 2.45) is 0 Å². The number of anilines is 1. The average Bonchev–Trinajstić information content (AvgIpc) is 2.78. The predicted molar refractivity (Wildman–Crippen MR) is 87.6 cm³/mol. The summed E-state index contributed by atoms with van der Waals surface area (Å²) in [5.74, 6) is -0.270. The van der Waals surface area contributed by atoms with Gasteiger partial charge in [0.25, 0.3) is 5.91 Å². The van der Waals surface area contributed by atoms with Crippen LogP contribution in [0.25, 0.3) is 0 Å². The van der Waals surface area contributed by atoms with Gasteiger partial charge in [-0.05, 0) is 19.4 Å². The first-order valence-corrected chi connectivity index (χ1v) is 9.28. The van der Waals surface area contributed by atoms with Gasteiger partial charge in [0.2, 0.25) is 10.0 Å². The Bertz CT molecular complexity index is 770. The van der Waals surface area contributed by atoms with Gasteiger partial charge in [-0.2, -0.15) is 0 Å². The summed E-state index contributed by atoms with van der Waals surface area (Å²) < 4.78 is 24.7. The van der Waals surface area contributed by atoms with Crippen LogP contribution in [-0.2, 0) is 10.0 Å². The Balaban J connectivity index is 2.13. The lowest BCUT2D eigenvalue weighted by Crippen LogP contribution is -2.26. The number of nitrogens with one attached hydrogen (secondary N) is 2. The number of benzene rings is 1. The van der Waals surface area contributed by atoms with Crippen LogP contribution in [0.15, 0.2) is 30.3 Å². The van der Waals surface area contributed by atoms with Crippen LogP contribution in [0.2, 0.25) is 0 Å². The number of hydrogen-bond donors (Lipinski definition) is 2. The van der Waals surface area contributed by atoms with E-state index in [0.29, 0.717) is 10.6 Å². The fraction of sp³-hybridized carbons (Fsp3) is 0.286. The molecule has 0 saturated heterocycles. The number of hydrogen-bond acceptors (Lipinski definition) is 5. The second-order valence-corrected chi connectivity index (χ2v) is 7.66. The van der Waals surface area contributed by atoms with E-state index in [0.717, 1.165) is 23.2 Å². The van der Waals surface area contributed by atoms with E-state index in [1.807, 2.05) is 37.3 Å². The highest BCUT2D eigenvalue weighted by atomic mass is 32.2. The van der Waals surface area contributed by atoms with Crippen molar-refractivity contribution < 1.29 is 13.2 Å². The third-order valence-electron chi connectivity index (χ3n) is 2.92. The van der Waals surface area contributed by atoms with Crippen molar-refractivity contribution in [1.29, 1.82) is 0 Å². The summed E-state index contributed by atoms with van der Waals surface area (Å²) in [5.41, 5.74) is 1.49. The van der Waals surface area contributed by atoms with Gasteiger partial charge in [0.15, 0.2) is 5.13 Å². The maximum absolute atomic E-state index is 12.3.